The molecule has 0 fully saturated rings. The molecule has 0 spiro atoms. The number of likely N-dealkylation sites (N-methyl/N-ethyl adjacent to an activating group) is 1. The van der Waals surface area contributed by atoms with E-state index in [-0.39, 0.29) is 11.9 Å². The molecule has 1 N–H and O–H groups in total. The van der Waals surface area contributed by atoms with E-state index < -0.39 is 0 Å². The van der Waals surface area contributed by atoms with E-state index in [1.165, 1.54) is 6.07 Å². The molecule has 0 heterocycles. The standard InChI is InChI=1S/C14H21FN2/c1-11(2)9-16-14(10-17(3)4)12-6-5-7-13(15)8-12/h5-8,14,16H,1,9-10H2,2-4H3/t14-/m0/s1. The summed E-state index contributed by atoms with van der Waals surface area (Å²) in [5.74, 6) is -0.191. The minimum atomic E-state index is -0.191. The molecule has 1 aromatic rings. The zero-order chi connectivity index (χ0) is 12.8. The molecule has 1 atom stereocenters. The highest BCUT2D eigenvalue weighted by Gasteiger charge is 2.12. The number of halogens is 1. The maximum atomic E-state index is 13.2. The molecule has 0 aliphatic carbocycles. The number of rotatable bonds is 6. The highest BCUT2D eigenvalue weighted by Crippen LogP contribution is 2.15. The van der Waals surface area contributed by atoms with E-state index in [2.05, 4.69) is 16.8 Å². The summed E-state index contributed by atoms with van der Waals surface area (Å²) in [6.45, 7) is 7.42. The number of nitrogens with one attached hydrogen (secondary N) is 1. The van der Waals surface area contributed by atoms with Crippen molar-refractivity contribution in [2.24, 2.45) is 0 Å². The van der Waals surface area contributed by atoms with Crippen LogP contribution in [0.25, 0.3) is 0 Å². The molecule has 17 heavy (non-hydrogen) atoms. The smallest absolute Gasteiger partial charge is 0.123 e. The molecule has 0 radical (unpaired) electrons. The van der Waals surface area contributed by atoms with Gasteiger partial charge >= 0.3 is 0 Å². The molecule has 0 aliphatic heterocycles. The van der Waals surface area contributed by atoms with Crippen molar-refractivity contribution in [3.8, 4) is 0 Å². The Kier molecular flexibility index (Phi) is 5.32. The second-order valence-corrected chi connectivity index (χ2v) is 4.71. The zero-order valence-electron chi connectivity index (χ0n) is 10.8. The van der Waals surface area contributed by atoms with Gasteiger partial charge in [-0.1, -0.05) is 24.3 Å². The van der Waals surface area contributed by atoms with Crippen molar-refractivity contribution in [2.45, 2.75) is 13.0 Å². The fourth-order valence-electron chi connectivity index (χ4n) is 1.67. The molecule has 1 aromatic carbocycles. The average molecular weight is 236 g/mol. The van der Waals surface area contributed by atoms with Crippen LogP contribution in [0.3, 0.4) is 0 Å². The zero-order valence-corrected chi connectivity index (χ0v) is 10.8. The number of benzene rings is 1. The maximum Gasteiger partial charge on any atom is 0.123 e. The van der Waals surface area contributed by atoms with Gasteiger partial charge in [-0.3, -0.25) is 0 Å². The highest BCUT2D eigenvalue weighted by molar-refractivity contribution is 5.21. The molecule has 0 aromatic heterocycles. The molecule has 94 valence electrons. The Morgan fingerprint density at radius 3 is 2.71 bits per heavy atom. The van der Waals surface area contributed by atoms with E-state index >= 15 is 0 Å². The normalized spacial score (nSPS) is 12.8. The Hall–Kier alpha value is -1.19. The van der Waals surface area contributed by atoms with Gasteiger partial charge in [0.05, 0.1) is 0 Å². The van der Waals surface area contributed by atoms with Crippen LogP contribution in [0.1, 0.15) is 18.5 Å². The predicted octanol–water partition coefficient (Wildman–Crippen LogP) is 2.59. The Bertz CT molecular complexity index is 374. The monoisotopic (exact) mass is 236 g/mol. The topological polar surface area (TPSA) is 15.3 Å². The third kappa shape index (κ3) is 5.11. The molecule has 0 unspecified atom stereocenters. The molecule has 0 amide bonds. The van der Waals surface area contributed by atoms with E-state index in [9.17, 15) is 4.39 Å². The van der Waals surface area contributed by atoms with Crippen LogP contribution in [0, 0.1) is 5.82 Å². The van der Waals surface area contributed by atoms with Crippen LogP contribution in [0.5, 0.6) is 0 Å². The lowest BCUT2D eigenvalue weighted by molar-refractivity contribution is 0.346. The maximum absolute atomic E-state index is 13.2. The Morgan fingerprint density at radius 2 is 2.18 bits per heavy atom. The van der Waals surface area contributed by atoms with E-state index in [1.54, 1.807) is 12.1 Å². The predicted molar refractivity (Wildman–Crippen MR) is 70.5 cm³/mol. The van der Waals surface area contributed by atoms with Crippen molar-refractivity contribution in [2.75, 3.05) is 27.2 Å². The summed E-state index contributed by atoms with van der Waals surface area (Å²) in [6, 6.07) is 6.87. The van der Waals surface area contributed by atoms with E-state index in [1.807, 2.05) is 27.1 Å². The number of hydrogen-bond donors (Lipinski definition) is 1. The van der Waals surface area contributed by atoms with Crippen molar-refractivity contribution >= 4 is 0 Å². The fraction of sp³-hybridized carbons (Fsp3) is 0.429. The number of nitrogens with zero attached hydrogens (tertiary/aromatic N) is 1. The molecule has 0 saturated heterocycles. The summed E-state index contributed by atoms with van der Waals surface area (Å²) in [7, 11) is 4.02. The van der Waals surface area contributed by atoms with Crippen molar-refractivity contribution in [1.29, 1.82) is 0 Å². The van der Waals surface area contributed by atoms with Gasteiger partial charge in [0.25, 0.3) is 0 Å². The Labute approximate surface area is 103 Å². The summed E-state index contributed by atoms with van der Waals surface area (Å²) < 4.78 is 13.2. The summed E-state index contributed by atoms with van der Waals surface area (Å²) in [6.07, 6.45) is 0. The van der Waals surface area contributed by atoms with Crippen molar-refractivity contribution in [1.82, 2.24) is 10.2 Å². The van der Waals surface area contributed by atoms with Crippen LogP contribution < -0.4 is 5.32 Å². The molecule has 2 nitrogen and oxygen atoms in total. The van der Waals surface area contributed by atoms with Crippen LogP contribution in [0.4, 0.5) is 4.39 Å². The fourth-order valence-corrected chi connectivity index (χ4v) is 1.67. The molecular formula is C14H21FN2. The van der Waals surface area contributed by atoms with Crippen LogP contribution in [-0.4, -0.2) is 32.1 Å². The second kappa shape index (κ2) is 6.52. The molecule has 0 bridgehead atoms. The number of hydrogen-bond acceptors (Lipinski definition) is 2. The van der Waals surface area contributed by atoms with Gasteiger partial charge in [0.1, 0.15) is 5.82 Å². The van der Waals surface area contributed by atoms with Crippen LogP contribution in [0.2, 0.25) is 0 Å². The second-order valence-electron chi connectivity index (χ2n) is 4.71. The minimum Gasteiger partial charge on any atom is -0.308 e. The molecule has 0 aliphatic rings. The van der Waals surface area contributed by atoms with Crippen molar-refractivity contribution in [3.63, 3.8) is 0 Å². The van der Waals surface area contributed by atoms with Gasteiger partial charge < -0.3 is 10.2 Å². The lowest BCUT2D eigenvalue weighted by atomic mass is 10.1. The summed E-state index contributed by atoms with van der Waals surface area (Å²) in [5.41, 5.74) is 2.05. The summed E-state index contributed by atoms with van der Waals surface area (Å²) >= 11 is 0. The summed E-state index contributed by atoms with van der Waals surface area (Å²) in [4.78, 5) is 2.08. The minimum absolute atomic E-state index is 0.123. The Balaban J connectivity index is 2.77. The molecule has 1 rings (SSSR count). The first-order valence-electron chi connectivity index (χ1n) is 5.77. The van der Waals surface area contributed by atoms with E-state index in [0.29, 0.717) is 0 Å². The average Bonchev–Trinajstić information content (AvgIpc) is 2.23. The first-order chi connectivity index (χ1) is 7.99. The lowest BCUT2D eigenvalue weighted by Gasteiger charge is -2.23. The van der Waals surface area contributed by atoms with Gasteiger partial charge in [0, 0.05) is 19.1 Å². The van der Waals surface area contributed by atoms with Crippen molar-refractivity contribution < 1.29 is 4.39 Å². The quantitative estimate of drug-likeness (QED) is 0.764. The van der Waals surface area contributed by atoms with Crippen LogP contribution >= 0.6 is 0 Å². The third-order valence-electron chi connectivity index (χ3n) is 2.45. The molecular weight excluding hydrogens is 215 g/mol. The SMILES string of the molecule is C=C(C)CN[C@@H](CN(C)C)c1cccc(F)c1. The van der Waals surface area contributed by atoms with Gasteiger partial charge in [-0.25, -0.2) is 4.39 Å². The van der Waals surface area contributed by atoms with Gasteiger partial charge in [0.15, 0.2) is 0 Å². The van der Waals surface area contributed by atoms with Crippen LogP contribution in [0.15, 0.2) is 36.4 Å². The highest BCUT2D eigenvalue weighted by atomic mass is 19.1. The van der Waals surface area contributed by atoms with Gasteiger partial charge in [0.2, 0.25) is 0 Å². The van der Waals surface area contributed by atoms with Gasteiger partial charge in [-0.05, 0) is 38.7 Å². The van der Waals surface area contributed by atoms with E-state index in [4.69, 9.17) is 0 Å². The van der Waals surface area contributed by atoms with Crippen molar-refractivity contribution in [3.05, 3.63) is 47.8 Å². The summed E-state index contributed by atoms with van der Waals surface area (Å²) in [5, 5.41) is 3.39. The Morgan fingerprint density at radius 1 is 1.47 bits per heavy atom. The third-order valence-corrected chi connectivity index (χ3v) is 2.45. The molecule has 0 saturated carbocycles. The molecule has 3 heteroatoms. The van der Waals surface area contributed by atoms with Gasteiger partial charge in [-0.15, -0.1) is 0 Å². The largest absolute Gasteiger partial charge is 0.308 e. The first kappa shape index (κ1) is 13.9. The first-order valence-corrected chi connectivity index (χ1v) is 5.77. The van der Waals surface area contributed by atoms with Crippen LogP contribution in [-0.2, 0) is 0 Å². The van der Waals surface area contributed by atoms with E-state index in [0.717, 1.165) is 24.2 Å². The lowest BCUT2D eigenvalue weighted by Crippen LogP contribution is -2.32. The van der Waals surface area contributed by atoms with Gasteiger partial charge in [-0.2, -0.15) is 0 Å².